The number of hydrazine groups is 1. The van der Waals surface area contributed by atoms with Gasteiger partial charge in [-0.2, -0.15) is 0 Å². The number of nitrogens with one attached hydrogen (secondary N) is 3. The van der Waals surface area contributed by atoms with Crippen molar-refractivity contribution in [1.82, 2.24) is 15.0 Å². The van der Waals surface area contributed by atoms with Crippen molar-refractivity contribution >= 4 is 34.4 Å². The van der Waals surface area contributed by atoms with Gasteiger partial charge in [0.15, 0.2) is 0 Å². The van der Waals surface area contributed by atoms with Gasteiger partial charge in [0.05, 0.1) is 27.4 Å². The van der Waals surface area contributed by atoms with Crippen molar-refractivity contribution in [3.05, 3.63) is 75.3 Å². The molecule has 2 aromatic heterocycles. The van der Waals surface area contributed by atoms with Crippen molar-refractivity contribution in [2.75, 3.05) is 16.2 Å². The number of anilines is 4. The Balaban J connectivity index is 1.81. The Labute approximate surface area is 151 Å². The van der Waals surface area contributed by atoms with E-state index in [1.165, 1.54) is 30.5 Å². The highest BCUT2D eigenvalue weighted by molar-refractivity contribution is 5.74. The number of pyridine rings is 1. The lowest BCUT2D eigenvalue weighted by atomic mass is 10.3. The fourth-order valence-electron chi connectivity index (χ4n) is 2.11. The van der Waals surface area contributed by atoms with Crippen LogP contribution in [0.15, 0.2) is 55.1 Å². The first kappa shape index (κ1) is 17.5. The van der Waals surface area contributed by atoms with E-state index in [-0.39, 0.29) is 23.0 Å². The largest absolute Gasteiger partial charge is 0.355 e. The third kappa shape index (κ3) is 4.19. The molecular formula is C15H12N8O4. The third-order valence-electron chi connectivity index (χ3n) is 3.33. The van der Waals surface area contributed by atoms with Gasteiger partial charge in [0.1, 0.15) is 6.33 Å². The van der Waals surface area contributed by atoms with E-state index in [4.69, 9.17) is 0 Å². The molecule has 3 rings (SSSR count). The highest BCUT2D eigenvalue weighted by Gasteiger charge is 2.23. The molecule has 0 atom stereocenters. The molecule has 0 fully saturated rings. The monoisotopic (exact) mass is 368 g/mol. The number of hydrogen-bond donors (Lipinski definition) is 3. The maximum absolute atomic E-state index is 11.5. The number of nitro benzene ring substituents is 1. The molecule has 0 spiro atoms. The summed E-state index contributed by atoms with van der Waals surface area (Å²) < 4.78 is 0. The van der Waals surface area contributed by atoms with Gasteiger partial charge >= 0.3 is 5.69 Å². The summed E-state index contributed by atoms with van der Waals surface area (Å²) in [4.78, 5) is 32.7. The number of nitrogens with zero attached hydrogens (tertiary/aromatic N) is 5. The Morgan fingerprint density at radius 3 is 2.22 bits per heavy atom. The first-order chi connectivity index (χ1) is 13.0. The van der Waals surface area contributed by atoms with Gasteiger partial charge in [0.2, 0.25) is 11.6 Å². The Morgan fingerprint density at radius 1 is 0.852 bits per heavy atom. The zero-order valence-corrected chi connectivity index (χ0v) is 13.6. The van der Waals surface area contributed by atoms with E-state index in [1.54, 1.807) is 18.3 Å². The lowest BCUT2D eigenvalue weighted by molar-refractivity contribution is -0.384. The van der Waals surface area contributed by atoms with Crippen molar-refractivity contribution < 1.29 is 9.85 Å². The van der Waals surface area contributed by atoms with Gasteiger partial charge in [0.25, 0.3) is 5.69 Å². The van der Waals surface area contributed by atoms with Crippen LogP contribution in [-0.2, 0) is 0 Å². The van der Waals surface area contributed by atoms with E-state index >= 15 is 0 Å². The molecule has 27 heavy (non-hydrogen) atoms. The summed E-state index contributed by atoms with van der Waals surface area (Å²) in [5.41, 5.74) is 5.85. The molecule has 12 nitrogen and oxygen atoms in total. The van der Waals surface area contributed by atoms with E-state index in [0.29, 0.717) is 11.4 Å². The summed E-state index contributed by atoms with van der Waals surface area (Å²) in [6, 6.07) is 8.85. The minimum absolute atomic E-state index is 0.0176. The summed E-state index contributed by atoms with van der Waals surface area (Å²) in [7, 11) is 0. The standard InChI is InChI=1S/C15H12N8O4/c24-22(25)12-5-3-10(4-6-12)20-21-15-13(23(26)27)14(17-9-18-15)19-11-2-1-7-16-8-11/h1-9,20H,(H2,17,18,19,21). The number of nitro groups is 2. The van der Waals surface area contributed by atoms with Crippen LogP contribution in [0.1, 0.15) is 0 Å². The quantitative estimate of drug-likeness (QED) is 0.417. The Morgan fingerprint density at radius 2 is 1.59 bits per heavy atom. The highest BCUT2D eigenvalue weighted by Crippen LogP contribution is 2.31. The van der Waals surface area contributed by atoms with Gasteiger partial charge in [-0.05, 0) is 24.3 Å². The summed E-state index contributed by atoms with van der Waals surface area (Å²) in [6.45, 7) is 0. The molecular weight excluding hydrogens is 356 g/mol. The zero-order chi connectivity index (χ0) is 19.2. The predicted molar refractivity (Wildman–Crippen MR) is 96.5 cm³/mol. The lowest BCUT2D eigenvalue weighted by Gasteiger charge is -2.11. The fraction of sp³-hybridized carbons (Fsp3) is 0. The van der Waals surface area contributed by atoms with Crippen molar-refractivity contribution in [3.8, 4) is 0 Å². The van der Waals surface area contributed by atoms with Crippen molar-refractivity contribution in [3.63, 3.8) is 0 Å². The minimum atomic E-state index is -0.626. The average Bonchev–Trinajstić information content (AvgIpc) is 2.67. The second kappa shape index (κ2) is 7.69. The summed E-state index contributed by atoms with van der Waals surface area (Å²) in [5.74, 6) is -0.101. The zero-order valence-electron chi connectivity index (χ0n) is 13.6. The van der Waals surface area contributed by atoms with E-state index in [9.17, 15) is 20.2 Å². The molecule has 12 heteroatoms. The van der Waals surface area contributed by atoms with E-state index in [0.717, 1.165) is 6.33 Å². The van der Waals surface area contributed by atoms with Crippen molar-refractivity contribution in [1.29, 1.82) is 0 Å². The normalized spacial score (nSPS) is 10.1. The molecule has 0 unspecified atom stereocenters. The Bertz CT molecular complexity index is 965. The number of non-ortho nitro benzene ring substituents is 1. The van der Waals surface area contributed by atoms with Gasteiger partial charge < -0.3 is 5.32 Å². The predicted octanol–water partition coefficient (Wildman–Crippen LogP) is 2.87. The van der Waals surface area contributed by atoms with Crippen LogP contribution in [-0.4, -0.2) is 24.8 Å². The number of hydrogen-bond acceptors (Lipinski definition) is 10. The number of aromatic nitrogens is 3. The molecule has 0 aliphatic carbocycles. The highest BCUT2D eigenvalue weighted by atomic mass is 16.6. The van der Waals surface area contributed by atoms with Crippen LogP contribution in [0.5, 0.6) is 0 Å². The number of rotatable bonds is 7. The Kier molecular flexibility index (Phi) is 4.98. The van der Waals surface area contributed by atoms with Gasteiger partial charge in [-0.3, -0.25) is 36.1 Å². The molecule has 2 heterocycles. The molecule has 0 radical (unpaired) electrons. The van der Waals surface area contributed by atoms with Crippen LogP contribution in [0.25, 0.3) is 0 Å². The van der Waals surface area contributed by atoms with Crippen LogP contribution in [0, 0.1) is 20.2 Å². The van der Waals surface area contributed by atoms with Crippen LogP contribution in [0.4, 0.5) is 34.4 Å². The fourth-order valence-corrected chi connectivity index (χ4v) is 2.11. The van der Waals surface area contributed by atoms with E-state index in [1.807, 2.05) is 0 Å². The van der Waals surface area contributed by atoms with E-state index in [2.05, 4.69) is 31.1 Å². The molecule has 0 bridgehead atoms. The first-order valence-corrected chi connectivity index (χ1v) is 7.47. The lowest BCUT2D eigenvalue weighted by Crippen LogP contribution is -2.13. The summed E-state index contributed by atoms with van der Waals surface area (Å²) in [5, 5.41) is 25.0. The van der Waals surface area contributed by atoms with Crippen LogP contribution < -0.4 is 16.2 Å². The number of benzene rings is 1. The molecule has 0 aliphatic rings. The maximum Gasteiger partial charge on any atom is 0.355 e. The third-order valence-corrected chi connectivity index (χ3v) is 3.33. The molecule has 0 saturated heterocycles. The van der Waals surface area contributed by atoms with Gasteiger partial charge in [-0.25, -0.2) is 9.97 Å². The van der Waals surface area contributed by atoms with Crippen molar-refractivity contribution in [2.45, 2.75) is 0 Å². The van der Waals surface area contributed by atoms with Gasteiger partial charge in [0, 0.05) is 18.3 Å². The molecule has 3 aromatic rings. The maximum atomic E-state index is 11.5. The average molecular weight is 368 g/mol. The smallest absolute Gasteiger partial charge is 0.333 e. The summed E-state index contributed by atoms with van der Waals surface area (Å²) >= 11 is 0. The van der Waals surface area contributed by atoms with Crippen molar-refractivity contribution in [2.24, 2.45) is 0 Å². The second-order valence-corrected chi connectivity index (χ2v) is 5.10. The molecule has 0 aliphatic heterocycles. The first-order valence-electron chi connectivity index (χ1n) is 7.47. The molecule has 3 N–H and O–H groups in total. The molecule has 136 valence electrons. The van der Waals surface area contributed by atoms with Crippen LogP contribution in [0.3, 0.4) is 0 Å². The van der Waals surface area contributed by atoms with Gasteiger partial charge in [-0.1, -0.05) is 0 Å². The molecule has 0 saturated carbocycles. The minimum Gasteiger partial charge on any atom is -0.333 e. The SMILES string of the molecule is O=[N+]([O-])c1ccc(NNc2ncnc(Nc3cccnc3)c2[N+](=O)[O-])cc1. The topological polar surface area (TPSA) is 161 Å². The van der Waals surface area contributed by atoms with Crippen LogP contribution in [0.2, 0.25) is 0 Å². The van der Waals surface area contributed by atoms with Gasteiger partial charge in [-0.15, -0.1) is 0 Å². The summed E-state index contributed by atoms with van der Waals surface area (Å²) in [6.07, 6.45) is 4.22. The molecule has 1 aromatic carbocycles. The van der Waals surface area contributed by atoms with E-state index < -0.39 is 9.85 Å². The molecule has 0 amide bonds. The Hall–Kier alpha value is -4.35. The van der Waals surface area contributed by atoms with Crippen LogP contribution >= 0.6 is 0 Å². The second-order valence-electron chi connectivity index (χ2n) is 5.10.